The summed E-state index contributed by atoms with van der Waals surface area (Å²) in [7, 11) is 0. The van der Waals surface area contributed by atoms with Crippen LogP contribution in [0.3, 0.4) is 0 Å². The molecule has 0 saturated heterocycles. The topological polar surface area (TPSA) is 17.1 Å². The molecule has 0 aliphatic carbocycles. The Morgan fingerprint density at radius 2 is 0.941 bits per heavy atom. The molecule has 0 rings (SSSR count). The maximum Gasteiger partial charge on any atom is 0.119 e. The van der Waals surface area contributed by atoms with Crippen LogP contribution >= 0.6 is 0 Å². The Morgan fingerprint density at radius 1 is 0.706 bits per heavy atom. The van der Waals surface area contributed by atoms with Crippen LogP contribution in [-0.2, 0) is 4.79 Å². The fourth-order valence-electron chi connectivity index (χ4n) is 2.57. The number of hydrogen-bond donors (Lipinski definition) is 0. The number of rotatable bonds is 9. The van der Waals surface area contributed by atoms with Crippen molar-refractivity contribution in [2.24, 2.45) is 0 Å². The highest BCUT2D eigenvalue weighted by Gasteiger charge is 2.22. The molecule has 0 saturated carbocycles. The third kappa shape index (κ3) is 10.5. The van der Waals surface area contributed by atoms with Crippen molar-refractivity contribution in [3.8, 4) is 0 Å². The molecule has 0 aliphatic rings. The van der Waals surface area contributed by atoms with E-state index in [1.807, 2.05) is 6.92 Å². The summed E-state index contributed by atoms with van der Waals surface area (Å²) in [5, 5.41) is 0. The molecule has 0 radical (unpaired) electrons. The summed E-state index contributed by atoms with van der Waals surface area (Å²) in [6.07, 6.45) is 6.85. The molecule has 0 spiro atoms. The van der Waals surface area contributed by atoms with Crippen LogP contribution in [0.1, 0.15) is 66.7 Å². The van der Waals surface area contributed by atoms with Crippen LogP contribution in [-0.4, -0.2) is 36.9 Å². The van der Waals surface area contributed by atoms with Crippen LogP contribution in [0.15, 0.2) is 0 Å². The second kappa shape index (κ2) is 13.7. The first kappa shape index (κ1) is 19.0. The summed E-state index contributed by atoms with van der Waals surface area (Å²) in [4.78, 5) is 9.17. The summed E-state index contributed by atoms with van der Waals surface area (Å²) in [6, 6.07) is 0. The van der Waals surface area contributed by atoms with E-state index >= 15 is 0 Å². The Kier molecular flexibility index (Phi) is 15.3. The maximum absolute atomic E-state index is 9.17. The van der Waals surface area contributed by atoms with Gasteiger partial charge in [-0.3, -0.25) is 0 Å². The highest BCUT2D eigenvalue weighted by molar-refractivity contribution is 5.48. The number of hydrogen-bond acceptors (Lipinski definition) is 1. The molecule has 0 bridgehead atoms. The van der Waals surface area contributed by atoms with Crippen LogP contribution in [0.2, 0.25) is 0 Å². The molecule has 0 amide bonds. The SMILES string of the molecule is CCC=O.CCC[N+](CCC)(CCC)CCC. The molecule has 0 unspecified atom stereocenters. The Morgan fingerprint density at radius 3 is 1.06 bits per heavy atom. The molecule has 2 nitrogen and oxygen atoms in total. The zero-order valence-electron chi connectivity index (χ0n) is 12.8. The number of carbonyl (C=O) groups is 1. The van der Waals surface area contributed by atoms with Gasteiger partial charge in [0.2, 0.25) is 0 Å². The first-order chi connectivity index (χ1) is 8.16. The van der Waals surface area contributed by atoms with E-state index in [-0.39, 0.29) is 0 Å². The Balaban J connectivity index is 0. The van der Waals surface area contributed by atoms with Crippen molar-refractivity contribution in [3.05, 3.63) is 0 Å². The second-order valence-electron chi connectivity index (χ2n) is 4.81. The van der Waals surface area contributed by atoms with Gasteiger partial charge < -0.3 is 9.28 Å². The molecule has 0 atom stereocenters. The largest absolute Gasteiger partial charge is 0.324 e. The molecule has 0 fully saturated rings. The van der Waals surface area contributed by atoms with E-state index in [9.17, 15) is 4.79 Å². The molecule has 0 heterocycles. The Bertz CT molecular complexity index is 127. The maximum atomic E-state index is 9.17. The van der Waals surface area contributed by atoms with Crippen LogP contribution < -0.4 is 0 Å². The smallest absolute Gasteiger partial charge is 0.119 e. The molecular weight excluding hydrogens is 210 g/mol. The van der Waals surface area contributed by atoms with Gasteiger partial charge in [0.1, 0.15) is 6.29 Å². The fourth-order valence-corrected chi connectivity index (χ4v) is 2.57. The predicted molar refractivity (Wildman–Crippen MR) is 77.2 cm³/mol. The van der Waals surface area contributed by atoms with Crippen LogP contribution in [0.5, 0.6) is 0 Å². The van der Waals surface area contributed by atoms with Gasteiger partial charge in [-0.25, -0.2) is 0 Å². The Labute approximate surface area is 109 Å². The lowest BCUT2D eigenvalue weighted by molar-refractivity contribution is -0.928. The number of aldehydes is 1. The van der Waals surface area contributed by atoms with Gasteiger partial charge in [-0.05, 0) is 25.7 Å². The summed E-state index contributed by atoms with van der Waals surface area (Å²) in [5.41, 5.74) is 0. The van der Waals surface area contributed by atoms with Crippen molar-refractivity contribution in [1.29, 1.82) is 0 Å². The standard InChI is InChI=1S/C12H28N.C3H6O/c1-5-9-13(10-6-2,11-7-3)12-8-4;1-2-3-4/h5-12H2,1-4H3;3H,2H2,1H3/q+1;. The van der Waals surface area contributed by atoms with Crippen molar-refractivity contribution in [2.45, 2.75) is 66.7 Å². The van der Waals surface area contributed by atoms with Gasteiger partial charge >= 0.3 is 0 Å². The minimum Gasteiger partial charge on any atom is -0.324 e. The van der Waals surface area contributed by atoms with Crippen LogP contribution in [0, 0.1) is 0 Å². The predicted octanol–water partition coefficient (Wildman–Crippen LogP) is 4.04. The van der Waals surface area contributed by atoms with Crippen molar-refractivity contribution in [3.63, 3.8) is 0 Å². The minimum absolute atomic E-state index is 0.639. The first-order valence-electron chi connectivity index (χ1n) is 7.44. The van der Waals surface area contributed by atoms with Crippen LogP contribution in [0.25, 0.3) is 0 Å². The molecule has 104 valence electrons. The lowest BCUT2D eigenvalue weighted by atomic mass is 10.2. The third-order valence-electron chi connectivity index (χ3n) is 2.96. The molecule has 0 aromatic rings. The van der Waals surface area contributed by atoms with Crippen molar-refractivity contribution in [2.75, 3.05) is 26.2 Å². The fraction of sp³-hybridized carbons (Fsp3) is 0.933. The minimum atomic E-state index is 0.639. The zero-order valence-corrected chi connectivity index (χ0v) is 12.8. The van der Waals surface area contributed by atoms with Gasteiger partial charge in [-0.15, -0.1) is 0 Å². The highest BCUT2D eigenvalue weighted by atomic mass is 16.1. The number of carbonyl (C=O) groups excluding carboxylic acids is 1. The lowest BCUT2D eigenvalue weighted by Gasteiger charge is -2.38. The van der Waals surface area contributed by atoms with Crippen molar-refractivity contribution >= 4 is 6.29 Å². The van der Waals surface area contributed by atoms with Gasteiger partial charge in [0.25, 0.3) is 0 Å². The van der Waals surface area contributed by atoms with Crippen LogP contribution in [0.4, 0.5) is 0 Å². The number of quaternary nitrogens is 1. The lowest BCUT2D eigenvalue weighted by Crippen LogP contribution is -2.50. The third-order valence-corrected chi connectivity index (χ3v) is 2.96. The van der Waals surface area contributed by atoms with E-state index < -0.39 is 0 Å². The van der Waals surface area contributed by atoms with Crippen molar-refractivity contribution in [1.82, 2.24) is 0 Å². The average Bonchev–Trinajstić information content (AvgIpc) is 2.31. The number of nitrogens with zero attached hydrogens (tertiary/aromatic N) is 1. The summed E-state index contributed by atoms with van der Waals surface area (Å²) in [5.74, 6) is 0. The molecule has 0 aromatic carbocycles. The van der Waals surface area contributed by atoms with Gasteiger partial charge in [0.15, 0.2) is 0 Å². The van der Waals surface area contributed by atoms with Gasteiger partial charge in [0, 0.05) is 6.42 Å². The second-order valence-corrected chi connectivity index (χ2v) is 4.81. The van der Waals surface area contributed by atoms with E-state index in [0.717, 1.165) is 6.29 Å². The van der Waals surface area contributed by atoms with Gasteiger partial charge in [-0.2, -0.15) is 0 Å². The van der Waals surface area contributed by atoms with E-state index in [2.05, 4.69) is 27.7 Å². The van der Waals surface area contributed by atoms with Gasteiger partial charge in [0.05, 0.1) is 26.2 Å². The summed E-state index contributed by atoms with van der Waals surface area (Å²) in [6.45, 7) is 16.6. The van der Waals surface area contributed by atoms with E-state index in [1.165, 1.54) is 56.3 Å². The normalized spacial score (nSPS) is 10.6. The van der Waals surface area contributed by atoms with E-state index in [4.69, 9.17) is 0 Å². The average molecular weight is 244 g/mol. The molecule has 0 aromatic heterocycles. The quantitative estimate of drug-likeness (QED) is 0.442. The van der Waals surface area contributed by atoms with E-state index in [0.29, 0.717) is 6.42 Å². The summed E-state index contributed by atoms with van der Waals surface area (Å²) >= 11 is 0. The highest BCUT2D eigenvalue weighted by Crippen LogP contribution is 2.12. The van der Waals surface area contributed by atoms with Crippen molar-refractivity contribution < 1.29 is 9.28 Å². The van der Waals surface area contributed by atoms with Gasteiger partial charge in [-0.1, -0.05) is 34.6 Å². The molecular formula is C15H34NO+. The molecule has 17 heavy (non-hydrogen) atoms. The molecule has 0 N–H and O–H groups in total. The molecule has 0 aliphatic heterocycles. The zero-order chi connectivity index (χ0) is 13.6. The van der Waals surface area contributed by atoms with E-state index in [1.54, 1.807) is 0 Å². The monoisotopic (exact) mass is 244 g/mol. The summed E-state index contributed by atoms with van der Waals surface area (Å²) < 4.78 is 1.38. The first-order valence-corrected chi connectivity index (χ1v) is 7.44. The molecule has 2 heteroatoms. The Hall–Kier alpha value is -0.370.